The Morgan fingerprint density at radius 3 is 2.82 bits per heavy atom. The number of nitrogens with zero attached hydrogens (tertiary/aromatic N) is 5. The van der Waals surface area contributed by atoms with Gasteiger partial charge in [-0.25, -0.2) is 14.8 Å². The third-order valence-corrected chi connectivity index (χ3v) is 7.84. The van der Waals surface area contributed by atoms with Crippen molar-refractivity contribution in [3.05, 3.63) is 51.3 Å². The summed E-state index contributed by atoms with van der Waals surface area (Å²) >= 11 is 10.2. The molecule has 4 aliphatic rings. The molecule has 7 rings (SSSR count). The number of hydrogen-bond acceptors (Lipinski definition) is 6. The molecule has 3 saturated carbocycles. The summed E-state index contributed by atoms with van der Waals surface area (Å²) < 4.78 is 8.54. The van der Waals surface area contributed by atoms with Gasteiger partial charge in [0.1, 0.15) is 12.4 Å². The second kappa shape index (κ2) is 8.13. The Morgan fingerprint density at radius 1 is 1.29 bits per heavy atom. The highest BCUT2D eigenvalue weighted by molar-refractivity contribution is 9.10. The van der Waals surface area contributed by atoms with Crippen molar-refractivity contribution >= 4 is 39.5 Å². The summed E-state index contributed by atoms with van der Waals surface area (Å²) in [6.45, 7) is 1.83. The van der Waals surface area contributed by atoms with Gasteiger partial charge in [0.25, 0.3) is 0 Å². The van der Waals surface area contributed by atoms with Crippen LogP contribution in [0.4, 0.5) is 10.7 Å². The lowest BCUT2D eigenvalue weighted by molar-refractivity contribution is -0.0434. The summed E-state index contributed by atoms with van der Waals surface area (Å²) in [4.78, 5) is 23.6. The summed E-state index contributed by atoms with van der Waals surface area (Å²) in [5.41, 5.74) is 8.97. The van der Waals surface area contributed by atoms with Crippen LogP contribution in [0.2, 0.25) is 5.02 Å². The Labute approximate surface area is 209 Å². The maximum Gasteiger partial charge on any atom is 0.318 e. The fraction of sp³-hybridized carbons (Fsp3) is 0.391. The SMILES string of the molecule is Nc1nc2c(c(-c3cc(OCCn4cccn4)c(Br)cc3Cl)n1)CN(C(=O)NC13CC(C1)C3)C2. The van der Waals surface area contributed by atoms with E-state index in [4.69, 9.17) is 22.1 Å². The van der Waals surface area contributed by atoms with E-state index in [0.717, 1.165) is 40.9 Å². The molecule has 0 atom stereocenters. The number of carbonyl (C=O) groups excluding carboxylic acids is 1. The van der Waals surface area contributed by atoms with Crippen LogP contribution in [0, 0.1) is 5.92 Å². The van der Waals surface area contributed by atoms with Gasteiger partial charge in [-0.15, -0.1) is 0 Å². The van der Waals surface area contributed by atoms with Crippen LogP contribution < -0.4 is 15.8 Å². The van der Waals surface area contributed by atoms with Crippen LogP contribution in [0.15, 0.2) is 35.1 Å². The van der Waals surface area contributed by atoms with Crippen LogP contribution in [0.3, 0.4) is 0 Å². The van der Waals surface area contributed by atoms with Crippen molar-refractivity contribution in [3.8, 4) is 17.0 Å². The van der Waals surface area contributed by atoms with E-state index >= 15 is 0 Å². The number of nitrogens with two attached hydrogens (primary N) is 1. The number of nitrogen functional groups attached to an aromatic ring is 1. The molecule has 0 saturated heterocycles. The molecule has 2 bridgehead atoms. The van der Waals surface area contributed by atoms with E-state index in [0.29, 0.717) is 48.3 Å². The molecular weight excluding hydrogens is 522 g/mol. The number of urea groups is 1. The average molecular weight is 545 g/mol. The fourth-order valence-corrected chi connectivity index (χ4v) is 5.92. The lowest BCUT2D eigenvalue weighted by Gasteiger charge is -2.61. The van der Waals surface area contributed by atoms with E-state index in [1.54, 1.807) is 21.8 Å². The number of carbonyl (C=O) groups is 1. The van der Waals surface area contributed by atoms with Crippen LogP contribution in [0.1, 0.15) is 30.5 Å². The number of anilines is 1. The molecule has 11 heteroatoms. The van der Waals surface area contributed by atoms with Gasteiger partial charge < -0.3 is 20.7 Å². The van der Waals surface area contributed by atoms with Gasteiger partial charge in [-0.3, -0.25) is 4.68 Å². The van der Waals surface area contributed by atoms with Gasteiger partial charge in [-0.1, -0.05) is 11.6 Å². The van der Waals surface area contributed by atoms with Gasteiger partial charge >= 0.3 is 6.03 Å². The molecule has 176 valence electrons. The highest BCUT2D eigenvalue weighted by Crippen LogP contribution is 2.57. The van der Waals surface area contributed by atoms with E-state index in [1.165, 1.54) is 0 Å². The van der Waals surface area contributed by atoms with Gasteiger partial charge in [0.2, 0.25) is 5.95 Å². The molecule has 1 aromatic carbocycles. The number of benzene rings is 1. The first-order valence-electron chi connectivity index (χ1n) is 11.2. The van der Waals surface area contributed by atoms with E-state index in [-0.39, 0.29) is 17.5 Å². The smallest absolute Gasteiger partial charge is 0.318 e. The third kappa shape index (κ3) is 3.78. The topological polar surface area (TPSA) is 111 Å². The minimum atomic E-state index is -0.0646. The maximum absolute atomic E-state index is 12.9. The normalized spacial score (nSPS) is 22.1. The van der Waals surface area contributed by atoms with Crippen molar-refractivity contribution in [1.82, 2.24) is 30.0 Å². The average Bonchev–Trinajstić information content (AvgIpc) is 3.40. The van der Waals surface area contributed by atoms with E-state index < -0.39 is 0 Å². The number of aromatic nitrogens is 4. The van der Waals surface area contributed by atoms with Gasteiger partial charge in [0, 0.05) is 29.1 Å². The first-order valence-corrected chi connectivity index (χ1v) is 12.4. The summed E-state index contributed by atoms with van der Waals surface area (Å²) in [6, 6.07) is 5.44. The van der Waals surface area contributed by atoms with Gasteiger partial charge in [0.05, 0.1) is 40.5 Å². The lowest BCUT2D eigenvalue weighted by atomic mass is 9.50. The minimum Gasteiger partial charge on any atom is -0.490 e. The van der Waals surface area contributed by atoms with Gasteiger partial charge in [0.15, 0.2) is 0 Å². The summed E-state index contributed by atoms with van der Waals surface area (Å²) in [5.74, 6) is 1.58. The Morgan fingerprint density at radius 2 is 2.12 bits per heavy atom. The predicted octanol–water partition coefficient (Wildman–Crippen LogP) is 3.99. The highest BCUT2D eigenvalue weighted by atomic mass is 79.9. The van der Waals surface area contributed by atoms with Crippen LogP contribution in [0.5, 0.6) is 5.75 Å². The molecular formula is C23H23BrClN7O2. The lowest BCUT2D eigenvalue weighted by Crippen LogP contribution is -2.69. The van der Waals surface area contributed by atoms with E-state index in [9.17, 15) is 4.79 Å². The number of halogens is 2. The number of amides is 2. The molecule has 3 N–H and O–H groups in total. The zero-order valence-electron chi connectivity index (χ0n) is 18.3. The second-order valence-corrected chi connectivity index (χ2v) is 10.5. The number of ether oxygens (including phenoxy) is 1. The van der Waals surface area contributed by atoms with E-state index in [2.05, 4.69) is 36.3 Å². The van der Waals surface area contributed by atoms with Crippen molar-refractivity contribution in [2.24, 2.45) is 5.92 Å². The summed E-state index contributed by atoms with van der Waals surface area (Å²) in [6.07, 6.45) is 6.89. The summed E-state index contributed by atoms with van der Waals surface area (Å²) in [5, 5.41) is 7.91. The Balaban J connectivity index is 1.25. The Hall–Kier alpha value is -2.85. The fourth-order valence-electron chi connectivity index (χ4n) is 5.08. The quantitative estimate of drug-likeness (QED) is 0.485. The minimum absolute atomic E-state index is 0.0154. The third-order valence-electron chi connectivity index (χ3n) is 6.91. The molecule has 9 nitrogen and oxygen atoms in total. The Bertz CT molecular complexity index is 1270. The van der Waals surface area contributed by atoms with Crippen LogP contribution in [-0.4, -0.2) is 42.8 Å². The molecule has 1 aliphatic heterocycles. The molecule has 3 heterocycles. The molecule has 3 aromatic rings. The standard InChI is InChI=1S/C23H23BrClN7O2/c24-16-7-17(25)14(6-19(16)34-5-4-32-3-1-2-27-32)20-15-11-31(12-18(15)28-21(26)29-20)22(33)30-23-8-13(9-23)10-23/h1-3,6-7,13H,4-5,8-12H2,(H,30,33)(H2,26,28,29). The number of nitrogens with one attached hydrogen (secondary N) is 1. The predicted molar refractivity (Wildman–Crippen MR) is 130 cm³/mol. The summed E-state index contributed by atoms with van der Waals surface area (Å²) in [7, 11) is 0. The van der Waals surface area contributed by atoms with Crippen molar-refractivity contribution in [2.75, 3.05) is 12.3 Å². The molecule has 0 unspecified atom stereocenters. The Kier molecular flexibility index (Phi) is 5.18. The zero-order valence-corrected chi connectivity index (χ0v) is 20.6. The van der Waals surface area contributed by atoms with Crippen LogP contribution in [0.25, 0.3) is 11.3 Å². The molecule has 34 heavy (non-hydrogen) atoms. The van der Waals surface area contributed by atoms with Gasteiger partial charge in [-0.05, 0) is 59.3 Å². The molecule has 3 aliphatic carbocycles. The zero-order chi connectivity index (χ0) is 23.4. The largest absolute Gasteiger partial charge is 0.490 e. The number of fused-ring (bicyclic) bond motifs is 1. The van der Waals surface area contributed by atoms with Crippen molar-refractivity contribution in [2.45, 2.75) is 44.4 Å². The number of hydrogen-bond donors (Lipinski definition) is 2. The molecule has 0 spiro atoms. The van der Waals surface area contributed by atoms with E-state index in [1.807, 2.05) is 18.3 Å². The highest BCUT2D eigenvalue weighted by Gasteiger charge is 2.57. The monoisotopic (exact) mass is 543 g/mol. The van der Waals surface area contributed by atoms with Crippen molar-refractivity contribution < 1.29 is 9.53 Å². The molecule has 0 radical (unpaired) electrons. The van der Waals surface area contributed by atoms with Crippen LogP contribution >= 0.6 is 27.5 Å². The maximum atomic E-state index is 12.9. The van der Waals surface area contributed by atoms with Crippen molar-refractivity contribution in [1.29, 1.82) is 0 Å². The number of rotatable bonds is 6. The first kappa shape index (κ1) is 21.7. The second-order valence-electron chi connectivity index (χ2n) is 9.28. The van der Waals surface area contributed by atoms with Crippen LogP contribution in [-0.2, 0) is 19.6 Å². The molecule has 2 aromatic heterocycles. The molecule has 2 amide bonds. The first-order chi connectivity index (χ1) is 16.4. The van der Waals surface area contributed by atoms with Crippen molar-refractivity contribution in [3.63, 3.8) is 0 Å². The molecule has 3 fully saturated rings. The van der Waals surface area contributed by atoms with Gasteiger partial charge in [-0.2, -0.15) is 5.10 Å².